The number of rotatable bonds is 9. The molecular weight excluding hydrogens is 456 g/mol. The molecule has 0 bridgehead atoms. The number of aliphatic hydroxyl groups excluding tert-OH is 3. The Morgan fingerprint density at radius 3 is 2.43 bits per heavy atom. The van der Waals surface area contributed by atoms with Gasteiger partial charge in [0.05, 0.1) is 18.8 Å². The van der Waals surface area contributed by atoms with Crippen LogP contribution in [0, 0.1) is 10.1 Å². The van der Waals surface area contributed by atoms with E-state index in [1.165, 1.54) is 0 Å². The second-order valence-corrected chi connectivity index (χ2v) is 9.68. The summed E-state index contributed by atoms with van der Waals surface area (Å²) in [4.78, 5) is 29.5. The van der Waals surface area contributed by atoms with Crippen molar-refractivity contribution in [3.05, 3.63) is 74.8 Å². The lowest BCUT2D eigenvalue weighted by Crippen LogP contribution is -2.50. The summed E-state index contributed by atoms with van der Waals surface area (Å²) >= 11 is 0. The van der Waals surface area contributed by atoms with Crippen molar-refractivity contribution in [3.8, 4) is 5.75 Å². The van der Waals surface area contributed by atoms with E-state index >= 15 is 0 Å². The molecule has 35 heavy (non-hydrogen) atoms. The Bertz CT molecular complexity index is 1030. The SMILES string of the molecule is CC(C)(C)N(CC(O)COc1cccc2c1C[C@@H](O)[C@@H](O)C2)C(=O)c1ccc(CO[N+](=O)[O-])cc1. The van der Waals surface area contributed by atoms with Crippen LogP contribution in [0.5, 0.6) is 5.75 Å². The zero-order chi connectivity index (χ0) is 25.8. The molecule has 10 heteroatoms. The number of fused-ring (bicyclic) bond motifs is 1. The Balaban J connectivity index is 1.66. The summed E-state index contributed by atoms with van der Waals surface area (Å²) in [5, 5.41) is 40.2. The van der Waals surface area contributed by atoms with Gasteiger partial charge >= 0.3 is 0 Å². The van der Waals surface area contributed by atoms with Gasteiger partial charge in [0, 0.05) is 29.5 Å². The van der Waals surface area contributed by atoms with Gasteiger partial charge in [-0.05, 0) is 50.1 Å². The molecule has 10 nitrogen and oxygen atoms in total. The molecule has 0 heterocycles. The van der Waals surface area contributed by atoms with E-state index in [1.54, 1.807) is 41.3 Å². The first-order chi connectivity index (χ1) is 16.5. The standard InChI is InChI=1S/C25H32N2O8/c1-25(2,3)26(24(31)17-9-7-16(8-10-17)14-35-27(32)33)13-19(28)15-34-23-6-4-5-18-11-21(29)22(30)12-20(18)23/h4-10,19,21-22,28-30H,11-15H2,1-3H3/t19?,21-,22+/m0/s1. The van der Waals surface area contributed by atoms with Crippen molar-refractivity contribution in [1.29, 1.82) is 0 Å². The van der Waals surface area contributed by atoms with Gasteiger partial charge in [-0.2, -0.15) is 0 Å². The fourth-order valence-electron chi connectivity index (χ4n) is 4.01. The molecule has 190 valence electrons. The number of amides is 1. The minimum atomic E-state index is -0.985. The molecule has 0 aliphatic heterocycles. The van der Waals surface area contributed by atoms with Crippen molar-refractivity contribution in [3.63, 3.8) is 0 Å². The van der Waals surface area contributed by atoms with Gasteiger partial charge in [-0.3, -0.25) is 4.79 Å². The highest BCUT2D eigenvalue weighted by Crippen LogP contribution is 2.30. The molecule has 0 saturated carbocycles. The Morgan fingerprint density at radius 1 is 1.14 bits per heavy atom. The molecule has 0 aromatic heterocycles. The largest absolute Gasteiger partial charge is 0.491 e. The first-order valence-corrected chi connectivity index (χ1v) is 11.4. The Labute approximate surface area is 203 Å². The van der Waals surface area contributed by atoms with Crippen molar-refractivity contribution >= 4 is 5.91 Å². The molecule has 3 N–H and O–H groups in total. The number of carbonyl (C=O) groups is 1. The normalized spacial score (nSPS) is 18.3. The highest BCUT2D eigenvalue weighted by Gasteiger charge is 2.30. The monoisotopic (exact) mass is 488 g/mol. The molecule has 1 aliphatic rings. The van der Waals surface area contributed by atoms with Gasteiger partial charge in [-0.1, -0.05) is 24.3 Å². The van der Waals surface area contributed by atoms with Gasteiger partial charge in [0.1, 0.15) is 25.1 Å². The van der Waals surface area contributed by atoms with Crippen LogP contribution < -0.4 is 4.74 Å². The van der Waals surface area contributed by atoms with Crippen LogP contribution in [-0.4, -0.2) is 68.2 Å². The van der Waals surface area contributed by atoms with E-state index in [0.29, 0.717) is 23.3 Å². The number of benzene rings is 2. The maximum atomic E-state index is 13.2. The maximum Gasteiger partial charge on any atom is 0.294 e. The maximum absolute atomic E-state index is 13.2. The van der Waals surface area contributed by atoms with Crippen LogP contribution in [0.15, 0.2) is 42.5 Å². The lowest BCUT2D eigenvalue weighted by Gasteiger charge is -2.37. The summed E-state index contributed by atoms with van der Waals surface area (Å²) in [5.41, 5.74) is 2.04. The van der Waals surface area contributed by atoms with Crippen LogP contribution in [0.3, 0.4) is 0 Å². The molecule has 1 amide bonds. The summed E-state index contributed by atoms with van der Waals surface area (Å²) in [6, 6.07) is 11.7. The molecule has 0 fully saturated rings. The van der Waals surface area contributed by atoms with Gasteiger partial charge in [-0.15, -0.1) is 10.1 Å². The van der Waals surface area contributed by atoms with Crippen molar-refractivity contribution in [2.45, 2.75) is 64.1 Å². The van der Waals surface area contributed by atoms with Crippen LogP contribution in [0.2, 0.25) is 0 Å². The van der Waals surface area contributed by atoms with E-state index in [2.05, 4.69) is 4.84 Å². The number of nitrogens with zero attached hydrogens (tertiary/aromatic N) is 2. The predicted octanol–water partition coefficient (Wildman–Crippen LogP) is 1.90. The van der Waals surface area contributed by atoms with Gasteiger partial charge < -0.3 is 29.8 Å². The van der Waals surface area contributed by atoms with Crippen molar-refractivity contribution < 1.29 is 34.8 Å². The van der Waals surface area contributed by atoms with Crippen molar-refractivity contribution in [2.75, 3.05) is 13.2 Å². The molecule has 2 aromatic rings. The Hall–Kier alpha value is -3.21. The second kappa shape index (κ2) is 11.0. The zero-order valence-electron chi connectivity index (χ0n) is 20.1. The highest BCUT2D eigenvalue weighted by atomic mass is 16.9. The Morgan fingerprint density at radius 2 is 1.80 bits per heavy atom. The van der Waals surface area contributed by atoms with E-state index in [0.717, 1.165) is 11.1 Å². The van der Waals surface area contributed by atoms with Gasteiger partial charge in [-0.25, -0.2) is 0 Å². The fourth-order valence-corrected chi connectivity index (χ4v) is 4.01. The average Bonchev–Trinajstić information content (AvgIpc) is 2.80. The number of ether oxygens (including phenoxy) is 1. The van der Waals surface area contributed by atoms with Crippen LogP contribution in [-0.2, 0) is 24.3 Å². The molecule has 0 radical (unpaired) electrons. The number of hydrogen-bond donors (Lipinski definition) is 3. The predicted molar refractivity (Wildman–Crippen MR) is 126 cm³/mol. The molecule has 0 spiro atoms. The number of hydrogen-bond acceptors (Lipinski definition) is 8. The van der Waals surface area contributed by atoms with Crippen LogP contribution >= 0.6 is 0 Å². The summed E-state index contributed by atoms with van der Waals surface area (Å²) in [7, 11) is 0. The number of β-amino-alcohol motifs (C(OH)–C–C–N with tert-alkyl or cyclic N) is 1. The molecule has 1 aliphatic carbocycles. The summed E-state index contributed by atoms with van der Waals surface area (Å²) in [6.07, 6.45) is -2.08. The molecular formula is C25H32N2O8. The number of carbonyl (C=O) groups excluding carboxylic acids is 1. The zero-order valence-corrected chi connectivity index (χ0v) is 20.1. The fraction of sp³-hybridized carbons (Fsp3) is 0.480. The van der Waals surface area contributed by atoms with Gasteiger partial charge in [0.15, 0.2) is 0 Å². The van der Waals surface area contributed by atoms with E-state index in [-0.39, 0.29) is 32.1 Å². The second-order valence-electron chi connectivity index (χ2n) is 9.68. The smallest absolute Gasteiger partial charge is 0.294 e. The topological polar surface area (TPSA) is 143 Å². The van der Waals surface area contributed by atoms with Crippen molar-refractivity contribution in [1.82, 2.24) is 4.90 Å². The van der Waals surface area contributed by atoms with E-state index in [1.807, 2.05) is 26.8 Å². The van der Waals surface area contributed by atoms with E-state index < -0.39 is 28.9 Å². The molecule has 1 unspecified atom stereocenters. The summed E-state index contributed by atoms with van der Waals surface area (Å²) < 4.78 is 5.86. The molecule has 0 saturated heterocycles. The van der Waals surface area contributed by atoms with Crippen LogP contribution in [0.1, 0.15) is 47.8 Å². The van der Waals surface area contributed by atoms with Crippen LogP contribution in [0.4, 0.5) is 0 Å². The van der Waals surface area contributed by atoms with Gasteiger partial charge in [0.2, 0.25) is 0 Å². The molecule has 2 aromatic carbocycles. The quantitative estimate of drug-likeness (QED) is 0.359. The molecule has 3 rings (SSSR count). The minimum absolute atomic E-state index is 0.0187. The van der Waals surface area contributed by atoms with Crippen LogP contribution in [0.25, 0.3) is 0 Å². The summed E-state index contributed by atoms with van der Waals surface area (Å²) in [5.74, 6) is 0.237. The Kier molecular flexibility index (Phi) is 8.31. The third-order valence-corrected chi connectivity index (χ3v) is 5.93. The van der Waals surface area contributed by atoms with Gasteiger partial charge in [0.25, 0.3) is 11.0 Å². The summed E-state index contributed by atoms with van der Waals surface area (Å²) in [6.45, 7) is 5.32. The number of aliphatic hydroxyl groups is 3. The lowest BCUT2D eigenvalue weighted by molar-refractivity contribution is -0.763. The third kappa shape index (κ3) is 6.91. The average molecular weight is 489 g/mol. The first kappa shape index (κ1) is 26.4. The van der Waals surface area contributed by atoms with E-state index in [4.69, 9.17) is 4.74 Å². The van der Waals surface area contributed by atoms with Crippen molar-refractivity contribution in [2.24, 2.45) is 0 Å². The third-order valence-electron chi connectivity index (χ3n) is 5.93. The lowest BCUT2D eigenvalue weighted by atomic mass is 9.87. The minimum Gasteiger partial charge on any atom is -0.491 e. The van der Waals surface area contributed by atoms with E-state index in [9.17, 15) is 30.2 Å². The molecule has 3 atom stereocenters. The first-order valence-electron chi connectivity index (χ1n) is 11.4. The highest BCUT2D eigenvalue weighted by molar-refractivity contribution is 5.94.